The first kappa shape index (κ1) is 27.7. The van der Waals surface area contributed by atoms with E-state index in [-0.39, 0.29) is 0 Å². The van der Waals surface area contributed by atoms with E-state index in [1.807, 2.05) is 30.3 Å². The maximum Gasteiger partial charge on any atom is 0.178 e. The van der Waals surface area contributed by atoms with Gasteiger partial charge in [-0.2, -0.15) is 0 Å². The third-order valence-corrected chi connectivity index (χ3v) is 10.9. The zero-order valence-corrected chi connectivity index (χ0v) is 27.8. The maximum absolute atomic E-state index is 5.07. The summed E-state index contributed by atoms with van der Waals surface area (Å²) in [5.74, 6) is 0. The molecule has 0 unspecified atom stereocenters. The standard InChI is InChI=1S/C47H27N5/c1-2-12-28(13-3-1)42-43(50-47-37(49-42)20-11-27-48-47)29-23-25-30(26-24-29)51-39-22-9-7-17-35(39)41-45(51)34-16-5-4-15-32(34)40-36-19-10-18-33-31-14-6-8-21-38(31)52(44(33)36)46(40)41/h1-27H. The first-order valence-corrected chi connectivity index (χ1v) is 17.6. The molecule has 0 aliphatic rings. The highest BCUT2D eigenvalue weighted by atomic mass is 15.0. The van der Waals surface area contributed by atoms with Crippen molar-refractivity contribution in [2.75, 3.05) is 0 Å². The molecule has 5 heteroatoms. The van der Waals surface area contributed by atoms with E-state index in [0.717, 1.165) is 33.7 Å². The van der Waals surface area contributed by atoms with E-state index in [9.17, 15) is 0 Å². The molecule has 52 heavy (non-hydrogen) atoms. The molecule has 5 aromatic heterocycles. The van der Waals surface area contributed by atoms with Gasteiger partial charge in [-0.15, -0.1) is 0 Å². The molecule has 5 nitrogen and oxygen atoms in total. The highest BCUT2D eigenvalue weighted by Crippen LogP contribution is 2.48. The van der Waals surface area contributed by atoms with Gasteiger partial charge in [0.1, 0.15) is 5.52 Å². The van der Waals surface area contributed by atoms with E-state index < -0.39 is 0 Å². The second-order valence-electron chi connectivity index (χ2n) is 13.6. The fraction of sp³-hybridized carbons (Fsp3) is 0. The van der Waals surface area contributed by atoms with Crippen molar-refractivity contribution in [3.05, 3.63) is 164 Å². The molecule has 0 aliphatic carbocycles. The third kappa shape index (κ3) is 3.59. The van der Waals surface area contributed by atoms with Crippen LogP contribution in [-0.4, -0.2) is 23.9 Å². The average molecular weight is 662 g/mol. The summed E-state index contributed by atoms with van der Waals surface area (Å²) in [4.78, 5) is 14.7. The summed E-state index contributed by atoms with van der Waals surface area (Å²) in [5, 5.41) is 10.2. The van der Waals surface area contributed by atoms with Crippen molar-refractivity contribution in [1.29, 1.82) is 0 Å². The second-order valence-corrected chi connectivity index (χ2v) is 13.6. The molecule has 0 atom stereocenters. The van der Waals surface area contributed by atoms with Crippen molar-refractivity contribution in [3.8, 4) is 28.2 Å². The summed E-state index contributed by atoms with van der Waals surface area (Å²) in [6.45, 7) is 0. The van der Waals surface area contributed by atoms with Crippen molar-refractivity contribution >= 4 is 81.8 Å². The summed E-state index contributed by atoms with van der Waals surface area (Å²) in [5.41, 5.74) is 12.4. The lowest BCUT2D eigenvalue weighted by Gasteiger charge is -2.13. The Balaban J connectivity index is 1.18. The fourth-order valence-electron chi connectivity index (χ4n) is 8.77. The predicted octanol–water partition coefficient (Wildman–Crippen LogP) is 11.8. The number of pyridine rings is 1. The Hall–Kier alpha value is -7.11. The SMILES string of the molecule is c1ccc(-c2nc3cccnc3nc2-c2ccc(-n3c4ccccc4c4c3c3ccccc3c3c5cccc6c7ccccc7n(c65)c34)cc2)cc1. The van der Waals surface area contributed by atoms with Crippen LogP contribution in [0.3, 0.4) is 0 Å². The van der Waals surface area contributed by atoms with Crippen LogP contribution in [0.15, 0.2) is 164 Å². The molecule has 0 spiro atoms. The summed E-state index contributed by atoms with van der Waals surface area (Å²) < 4.78 is 4.98. The molecule has 0 radical (unpaired) electrons. The van der Waals surface area contributed by atoms with Crippen molar-refractivity contribution in [2.45, 2.75) is 0 Å². The molecule has 12 rings (SSSR count). The van der Waals surface area contributed by atoms with E-state index in [0.29, 0.717) is 5.65 Å². The number of benzene rings is 7. The Labute approximate surface area is 297 Å². The number of nitrogens with zero attached hydrogens (tertiary/aromatic N) is 5. The van der Waals surface area contributed by atoms with Crippen molar-refractivity contribution in [3.63, 3.8) is 0 Å². The summed E-state index contributed by atoms with van der Waals surface area (Å²) >= 11 is 0. The van der Waals surface area contributed by atoms with Crippen LogP contribution in [0.25, 0.3) is 110 Å². The highest BCUT2D eigenvalue weighted by Gasteiger charge is 2.25. The van der Waals surface area contributed by atoms with Crippen LogP contribution in [0.2, 0.25) is 0 Å². The normalized spacial score (nSPS) is 12.2. The second kappa shape index (κ2) is 10.2. The van der Waals surface area contributed by atoms with Crippen molar-refractivity contribution in [2.24, 2.45) is 0 Å². The first-order valence-electron chi connectivity index (χ1n) is 17.6. The van der Waals surface area contributed by atoms with Crippen LogP contribution < -0.4 is 0 Å². The number of aromatic nitrogens is 5. The quantitative estimate of drug-likeness (QED) is 0.189. The molecule has 0 saturated heterocycles. The summed E-state index contributed by atoms with van der Waals surface area (Å²) in [6.07, 6.45) is 1.77. The molecule has 0 N–H and O–H groups in total. The number of para-hydroxylation sites is 3. The van der Waals surface area contributed by atoms with E-state index in [4.69, 9.17) is 9.97 Å². The van der Waals surface area contributed by atoms with Crippen LogP contribution in [-0.2, 0) is 0 Å². The zero-order valence-electron chi connectivity index (χ0n) is 27.8. The van der Waals surface area contributed by atoms with E-state index in [1.165, 1.54) is 70.7 Å². The van der Waals surface area contributed by atoms with Gasteiger partial charge in [0.2, 0.25) is 0 Å². The Bertz CT molecular complexity index is 3390. The topological polar surface area (TPSA) is 48.0 Å². The van der Waals surface area contributed by atoms with Gasteiger partial charge >= 0.3 is 0 Å². The molecule has 0 bridgehead atoms. The Morgan fingerprint density at radius 2 is 1.02 bits per heavy atom. The van der Waals surface area contributed by atoms with Gasteiger partial charge in [-0.1, -0.05) is 121 Å². The van der Waals surface area contributed by atoms with Crippen LogP contribution in [0.5, 0.6) is 0 Å². The number of rotatable bonds is 3. The lowest BCUT2D eigenvalue weighted by atomic mass is 9.98. The van der Waals surface area contributed by atoms with Gasteiger partial charge in [0.05, 0.1) is 39.0 Å². The molecular formula is C47H27N5. The minimum absolute atomic E-state index is 0.636. The summed E-state index contributed by atoms with van der Waals surface area (Å²) in [7, 11) is 0. The molecule has 0 fully saturated rings. The summed E-state index contributed by atoms with van der Waals surface area (Å²) in [6, 6.07) is 56.4. The Kier molecular flexibility index (Phi) is 5.44. The van der Waals surface area contributed by atoms with Crippen LogP contribution >= 0.6 is 0 Å². The molecule has 0 saturated carbocycles. The molecule has 240 valence electrons. The Morgan fingerprint density at radius 1 is 0.385 bits per heavy atom. The molecule has 12 aromatic rings. The van der Waals surface area contributed by atoms with Gasteiger partial charge in [-0.3, -0.25) is 0 Å². The maximum atomic E-state index is 5.07. The number of hydrogen-bond donors (Lipinski definition) is 0. The van der Waals surface area contributed by atoms with Crippen molar-refractivity contribution in [1.82, 2.24) is 23.9 Å². The molecule has 0 aliphatic heterocycles. The van der Waals surface area contributed by atoms with Crippen molar-refractivity contribution < 1.29 is 0 Å². The average Bonchev–Trinajstić information content (AvgIpc) is 3.87. The number of hydrogen-bond acceptors (Lipinski definition) is 3. The lowest BCUT2D eigenvalue weighted by molar-refractivity contribution is 1.18. The van der Waals surface area contributed by atoms with Gasteiger partial charge < -0.3 is 8.97 Å². The number of fused-ring (bicyclic) bond motifs is 14. The predicted molar refractivity (Wildman–Crippen MR) is 215 cm³/mol. The largest absolute Gasteiger partial charge is 0.309 e. The first-order chi connectivity index (χ1) is 25.8. The fourth-order valence-corrected chi connectivity index (χ4v) is 8.77. The molecule has 5 heterocycles. The van der Waals surface area contributed by atoms with Crippen LogP contribution in [0.1, 0.15) is 0 Å². The van der Waals surface area contributed by atoms with E-state index >= 15 is 0 Å². The lowest BCUT2D eigenvalue weighted by Crippen LogP contribution is -1.98. The van der Waals surface area contributed by atoms with E-state index in [1.54, 1.807) is 6.20 Å². The third-order valence-electron chi connectivity index (χ3n) is 10.9. The molecular weight excluding hydrogens is 635 g/mol. The zero-order chi connectivity index (χ0) is 33.9. The molecule has 0 amide bonds. The smallest absolute Gasteiger partial charge is 0.178 e. The molecule has 7 aromatic carbocycles. The van der Waals surface area contributed by atoms with E-state index in [2.05, 4.69) is 141 Å². The monoisotopic (exact) mass is 661 g/mol. The van der Waals surface area contributed by atoms with Gasteiger partial charge in [-0.25, -0.2) is 15.0 Å². The van der Waals surface area contributed by atoms with Gasteiger partial charge in [0.15, 0.2) is 5.65 Å². The van der Waals surface area contributed by atoms with Crippen LogP contribution in [0, 0.1) is 0 Å². The Morgan fingerprint density at radius 3 is 1.87 bits per heavy atom. The van der Waals surface area contributed by atoms with Crippen LogP contribution in [0.4, 0.5) is 0 Å². The minimum Gasteiger partial charge on any atom is -0.309 e. The van der Waals surface area contributed by atoms with Gasteiger partial charge in [-0.05, 0) is 41.8 Å². The minimum atomic E-state index is 0.636. The highest BCUT2D eigenvalue weighted by molar-refractivity contribution is 6.39. The van der Waals surface area contributed by atoms with Gasteiger partial charge in [0.25, 0.3) is 0 Å². The van der Waals surface area contributed by atoms with Gasteiger partial charge in [0, 0.05) is 60.7 Å².